The minimum Gasteiger partial charge on any atom is -0.459 e. The Labute approximate surface area is 218 Å². The summed E-state index contributed by atoms with van der Waals surface area (Å²) in [7, 11) is 0. The molecular weight excluding hydrogens is 488 g/mol. The third-order valence-electron chi connectivity index (χ3n) is 6.92. The third kappa shape index (κ3) is 4.82. The number of rotatable bonds is 7. The van der Waals surface area contributed by atoms with E-state index in [1.165, 1.54) is 12.7 Å². The summed E-state index contributed by atoms with van der Waals surface area (Å²) in [5, 5.41) is 0. The highest BCUT2D eigenvalue weighted by molar-refractivity contribution is 5.90. The second-order valence-electron chi connectivity index (χ2n) is 9.48. The van der Waals surface area contributed by atoms with E-state index in [-0.39, 0.29) is 24.1 Å². The largest absolute Gasteiger partial charge is 0.459 e. The molecule has 4 aromatic rings. The van der Waals surface area contributed by atoms with Crippen LogP contribution < -0.4 is 5.56 Å². The average Bonchev–Trinajstić information content (AvgIpc) is 3.51. The van der Waals surface area contributed by atoms with Crippen LogP contribution in [0.3, 0.4) is 0 Å². The standard InChI is InChI=1S/C28H28N4O6/c1-4-28(14-36-26(34)19-9-5-17(2)6-10-19)21(37-27(35)20-11-7-18(3)8-12-20)13-22(38-28)32-16-31-23-24(32)29-15-30-25(23)33/h5-12,15-16,21-22H,4,13-14H2,1-3H3,(H,29,30,33)/t21-,22+,28+/m0/s1. The summed E-state index contributed by atoms with van der Waals surface area (Å²) in [5.41, 5.74) is 1.86. The van der Waals surface area contributed by atoms with Gasteiger partial charge >= 0.3 is 11.9 Å². The van der Waals surface area contributed by atoms with E-state index in [0.717, 1.165) is 11.1 Å². The second-order valence-corrected chi connectivity index (χ2v) is 9.48. The minimum atomic E-state index is -1.14. The highest BCUT2D eigenvalue weighted by Gasteiger charge is 2.52. The van der Waals surface area contributed by atoms with Crippen molar-refractivity contribution in [2.45, 2.75) is 51.5 Å². The van der Waals surface area contributed by atoms with Gasteiger partial charge in [0.05, 0.1) is 23.8 Å². The lowest BCUT2D eigenvalue weighted by molar-refractivity contribution is -0.132. The number of ether oxygens (including phenoxy) is 3. The topological polar surface area (TPSA) is 125 Å². The molecule has 0 saturated carbocycles. The van der Waals surface area contributed by atoms with E-state index in [1.54, 1.807) is 28.8 Å². The first-order valence-corrected chi connectivity index (χ1v) is 12.4. The van der Waals surface area contributed by atoms with Gasteiger partial charge in [-0.2, -0.15) is 0 Å². The fraction of sp³-hybridized carbons (Fsp3) is 0.321. The molecule has 1 N–H and O–H groups in total. The van der Waals surface area contributed by atoms with Gasteiger partial charge in [0, 0.05) is 6.42 Å². The number of nitrogens with zero attached hydrogens (tertiary/aromatic N) is 3. The van der Waals surface area contributed by atoms with Crippen molar-refractivity contribution >= 4 is 23.1 Å². The second kappa shape index (κ2) is 10.2. The lowest BCUT2D eigenvalue weighted by atomic mass is 9.94. The maximum Gasteiger partial charge on any atom is 0.338 e. The Kier molecular flexibility index (Phi) is 6.81. The molecule has 0 unspecified atom stereocenters. The molecule has 0 bridgehead atoms. The summed E-state index contributed by atoms with van der Waals surface area (Å²) in [5.74, 6) is -1.01. The van der Waals surface area contributed by atoms with Crippen molar-refractivity contribution in [3.63, 3.8) is 0 Å². The minimum absolute atomic E-state index is 0.140. The number of aryl methyl sites for hydroxylation is 2. The maximum absolute atomic E-state index is 13.1. The van der Waals surface area contributed by atoms with Crippen LogP contribution in [0.1, 0.15) is 57.8 Å². The van der Waals surface area contributed by atoms with Gasteiger partial charge in [-0.1, -0.05) is 42.3 Å². The monoisotopic (exact) mass is 516 g/mol. The third-order valence-corrected chi connectivity index (χ3v) is 6.92. The zero-order valence-corrected chi connectivity index (χ0v) is 21.3. The fourth-order valence-corrected chi connectivity index (χ4v) is 4.58. The molecule has 196 valence electrons. The van der Waals surface area contributed by atoms with Crippen molar-refractivity contribution in [2.24, 2.45) is 0 Å². The maximum atomic E-state index is 13.1. The zero-order chi connectivity index (χ0) is 26.9. The molecule has 0 spiro atoms. The van der Waals surface area contributed by atoms with Crippen molar-refractivity contribution in [3.05, 3.63) is 93.8 Å². The summed E-state index contributed by atoms with van der Waals surface area (Å²) in [6.45, 7) is 5.61. The van der Waals surface area contributed by atoms with Crippen molar-refractivity contribution < 1.29 is 23.8 Å². The van der Waals surface area contributed by atoms with Gasteiger partial charge in [0.1, 0.15) is 24.5 Å². The van der Waals surface area contributed by atoms with E-state index in [0.29, 0.717) is 23.2 Å². The number of fused-ring (bicyclic) bond motifs is 1. The highest BCUT2D eigenvalue weighted by atomic mass is 16.6. The van der Waals surface area contributed by atoms with Gasteiger partial charge < -0.3 is 19.2 Å². The summed E-state index contributed by atoms with van der Waals surface area (Å²) in [6.07, 6.45) is 1.98. The molecule has 10 heteroatoms. The van der Waals surface area contributed by atoms with E-state index >= 15 is 0 Å². The molecule has 38 heavy (non-hydrogen) atoms. The number of benzene rings is 2. The Morgan fingerprint density at radius 2 is 1.66 bits per heavy atom. The summed E-state index contributed by atoms with van der Waals surface area (Å²) in [6, 6.07) is 14.1. The van der Waals surface area contributed by atoms with Gasteiger partial charge in [0.2, 0.25) is 0 Å². The van der Waals surface area contributed by atoms with Crippen LogP contribution in [0.4, 0.5) is 0 Å². The predicted molar refractivity (Wildman–Crippen MR) is 138 cm³/mol. The van der Waals surface area contributed by atoms with E-state index in [2.05, 4.69) is 15.0 Å². The Bertz CT molecular complexity index is 1530. The number of carbonyl (C=O) groups is 2. The Balaban J connectivity index is 1.44. The van der Waals surface area contributed by atoms with Crippen LogP contribution >= 0.6 is 0 Å². The van der Waals surface area contributed by atoms with Crippen molar-refractivity contribution in [1.82, 2.24) is 19.5 Å². The Morgan fingerprint density at radius 1 is 1.03 bits per heavy atom. The summed E-state index contributed by atoms with van der Waals surface area (Å²) < 4.78 is 19.8. The molecule has 1 fully saturated rings. The van der Waals surface area contributed by atoms with Crippen LogP contribution in [-0.4, -0.2) is 49.8 Å². The van der Waals surface area contributed by atoms with Gasteiger partial charge in [-0.3, -0.25) is 9.36 Å². The van der Waals surface area contributed by atoms with Crippen LogP contribution in [0.5, 0.6) is 0 Å². The number of hydrogen-bond acceptors (Lipinski definition) is 8. The van der Waals surface area contributed by atoms with Crippen LogP contribution in [0.25, 0.3) is 11.2 Å². The zero-order valence-electron chi connectivity index (χ0n) is 21.3. The van der Waals surface area contributed by atoms with Crippen LogP contribution in [0.15, 0.2) is 66.0 Å². The van der Waals surface area contributed by atoms with E-state index < -0.39 is 29.9 Å². The smallest absolute Gasteiger partial charge is 0.338 e. The molecule has 10 nitrogen and oxygen atoms in total. The van der Waals surface area contributed by atoms with Gasteiger partial charge in [0.15, 0.2) is 11.2 Å². The normalized spacial score (nSPS) is 20.9. The van der Waals surface area contributed by atoms with Gasteiger partial charge in [-0.05, 0) is 44.5 Å². The number of H-pyrrole nitrogens is 1. The number of esters is 2. The average molecular weight is 517 g/mol. The molecule has 5 rings (SSSR count). The van der Waals surface area contributed by atoms with Gasteiger partial charge in [-0.25, -0.2) is 19.6 Å². The molecule has 2 aromatic heterocycles. The SMILES string of the molecule is CC[C@]1(COC(=O)c2ccc(C)cc2)O[C@@H](n2cnc3c(=O)[nH]cnc32)C[C@@H]1OC(=O)c1ccc(C)cc1. The Hall–Kier alpha value is -4.31. The molecule has 1 aliphatic heterocycles. The van der Waals surface area contributed by atoms with Crippen molar-refractivity contribution in [3.8, 4) is 0 Å². The van der Waals surface area contributed by atoms with E-state index in [4.69, 9.17) is 14.2 Å². The molecule has 3 atom stereocenters. The number of carbonyl (C=O) groups excluding carboxylic acids is 2. The molecule has 0 aliphatic carbocycles. The summed E-state index contributed by atoms with van der Waals surface area (Å²) in [4.78, 5) is 49.0. The predicted octanol–water partition coefficient (Wildman–Crippen LogP) is 3.89. The van der Waals surface area contributed by atoms with Crippen LogP contribution in [0, 0.1) is 13.8 Å². The highest BCUT2D eigenvalue weighted by Crippen LogP contribution is 2.42. The fourth-order valence-electron chi connectivity index (χ4n) is 4.58. The molecule has 1 saturated heterocycles. The number of imidazole rings is 1. The van der Waals surface area contributed by atoms with Crippen LogP contribution in [-0.2, 0) is 14.2 Å². The van der Waals surface area contributed by atoms with Crippen LogP contribution in [0.2, 0.25) is 0 Å². The first kappa shape index (κ1) is 25.3. The molecule has 0 radical (unpaired) electrons. The molecular formula is C28H28N4O6. The molecule has 0 amide bonds. The number of aromatic nitrogens is 4. The summed E-state index contributed by atoms with van der Waals surface area (Å²) >= 11 is 0. The van der Waals surface area contributed by atoms with E-state index in [1.807, 2.05) is 45.0 Å². The van der Waals surface area contributed by atoms with Crippen molar-refractivity contribution in [2.75, 3.05) is 6.61 Å². The lowest BCUT2D eigenvalue weighted by Crippen LogP contribution is -2.46. The quantitative estimate of drug-likeness (QED) is 0.367. The Morgan fingerprint density at radius 3 is 2.29 bits per heavy atom. The van der Waals surface area contributed by atoms with Gasteiger partial charge in [-0.15, -0.1) is 0 Å². The molecule has 2 aromatic carbocycles. The molecule has 3 heterocycles. The lowest BCUT2D eigenvalue weighted by Gasteiger charge is -2.32. The van der Waals surface area contributed by atoms with Gasteiger partial charge in [0.25, 0.3) is 5.56 Å². The first-order chi connectivity index (χ1) is 18.3. The number of aromatic amines is 1. The first-order valence-electron chi connectivity index (χ1n) is 12.4. The number of nitrogens with one attached hydrogen (secondary N) is 1. The van der Waals surface area contributed by atoms with Crippen molar-refractivity contribution in [1.29, 1.82) is 0 Å². The van der Waals surface area contributed by atoms with E-state index in [9.17, 15) is 14.4 Å². The number of hydrogen-bond donors (Lipinski definition) is 1. The molecule has 1 aliphatic rings.